The second kappa shape index (κ2) is 4.86. The van der Waals surface area contributed by atoms with Gasteiger partial charge in [0.25, 0.3) is 0 Å². The summed E-state index contributed by atoms with van der Waals surface area (Å²) in [6.07, 6.45) is 1.83. The zero-order valence-electron chi connectivity index (χ0n) is 10.2. The van der Waals surface area contributed by atoms with Crippen molar-refractivity contribution >= 4 is 17.6 Å². The lowest BCUT2D eigenvalue weighted by atomic mass is 10.1. The minimum atomic E-state index is -0.929. The van der Waals surface area contributed by atoms with E-state index in [1.807, 2.05) is 38.2 Å². The van der Waals surface area contributed by atoms with Gasteiger partial charge in [0.15, 0.2) is 0 Å². The van der Waals surface area contributed by atoms with E-state index in [0.717, 1.165) is 11.1 Å². The minimum absolute atomic E-state index is 0.0901. The number of carboxylic acids is 1. The van der Waals surface area contributed by atoms with E-state index >= 15 is 0 Å². The molecule has 0 fully saturated rings. The highest BCUT2D eigenvalue weighted by Crippen LogP contribution is 2.30. The van der Waals surface area contributed by atoms with Crippen molar-refractivity contribution in [3.8, 4) is 11.1 Å². The summed E-state index contributed by atoms with van der Waals surface area (Å²) in [6.45, 7) is 3.89. The number of nitrogens with zero attached hydrogens (tertiary/aromatic N) is 1. The first-order valence-corrected chi connectivity index (χ1v) is 6.08. The van der Waals surface area contributed by atoms with Gasteiger partial charge in [-0.1, -0.05) is 29.8 Å². The summed E-state index contributed by atoms with van der Waals surface area (Å²) in [5.74, 6) is -0.929. The van der Waals surface area contributed by atoms with Crippen molar-refractivity contribution in [3.05, 3.63) is 47.2 Å². The Kier molecular flexibility index (Phi) is 3.43. The Hall–Kier alpha value is -1.74. The summed E-state index contributed by atoms with van der Waals surface area (Å²) in [7, 11) is 0. The first-order chi connectivity index (χ1) is 8.50. The molecule has 0 spiro atoms. The molecule has 1 N–H and O–H groups in total. The Labute approximate surface area is 111 Å². The monoisotopic (exact) mass is 263 g/mol. The summed E-state index contributed by atoms with van der Waals surface area (Å²) < 4.78 is 1.74. The van der Waals surface area contributed by atoms with E-state index in [1.54, 1.807) is 16.7 Å². The van der Waals surface area contributed by atoms with Crippen molar-refractivity contribution in [1.82, 2.24) is 4.57 Å². The van der Waals surface area contributed by atoms with Crippen LogP contribution in [0.4, 0.5) is 0 Å². The molecule has 4 heteroatoms. The lowest BCUT2D eigenvalue weighted by Gasteiger charge is -2.09. The minimum Gasteiger partial charge on any atom is -0.477 e. The van der Waals surface area contributed by atoms with E-state index in [9.17, 15) is 9.90 Å². The molecule has 0 saturated heterocycles. The molecule has 0 aliphatic carbocycles. The third-order valence-corrected chi connectivity index (χ3v) is 3.14. The molecule has 2 rings (SSSR count). The lowest BCUT2D eigenvalue weighted by molar-refractivity contribution is 0.0683. The summed E-state index contributed by atoms with van der Waals surface area (Å²) in [5.41, 5.74) is 1.95. The van der Waals surface area contributed by atoms with Crippen molar-refractivity contribution in [2.24, 2.45) is 0 Å². The van der Waals surface area contributed by atoms with Gasteiger partial charge in [-0.15, -0.1) is 0 Å². The first-order valence-electron chi connectivity index (χ1n) is 5.70. The highest BCUT2D eigenvalue weighted by Gasteiger charge is 2.16. The van der Waals surface area contributed by atoms with Gasteiger partial charge in [-0.05, 0) is 26.0 Å². The SMILES string of the molecule is CC(C)n1cc(-c2ccccc2Cl)cc1C(=O)O. The molecule has 0 aliphatic heterocycles. The maximum absolute atomic E-state index is 11.2. The normalized spacial score (nSPS) is 10.9. The van der Waals surface area contributed by atoms with Crippen LogP contribution in [0.3, 0.4) is 0 Å². The van der Waals surface area contributed by atoms with Crippen LogP contribution in [0.5, 0.6) is 0 Å². The van der Waals surface area contributed by atoms with Crippen molar-refractivity contribution in [3.63, 3.8) is 0 Å². The topological polar surface area (TPSA) is 42.2 Å². The van der Waals surface area contributed by atoms with Crippen molar-refractivity contribution in [1.29, 1.82) is 0 Å². The molecular weight excluding hydrogens is 250 g/mol. The zero-order valence-corrected chi connectivity index (χ0v) is 11.0. The van der Waals surface area contributed by atoms with Crippen LogP contribution in [-0.2, 0) is 0 Å². The highest BCUT2D eigenvalue weighted by atomic mass is 35.5. The maximum Gasteiger partial charge on any atom is 0.352 e. The van der Waals surface area contributed by atoms with Crippen LogP contribution < -0.4 is 0 Å². The molecule has 1 aromatic carbocycles. The van der Waals surface area contributed by atoms with E-state index in [2.05, 4.69) is 0 Å². The van der Waals surface area contributed by atoms with Crippen molar-refractivity contribution in [2.45, 2.75) is 19.9 Å². The van der Waals surface area contributed by atoms with Crippen LogP contribution in [0.15, 0.2) is 36.5 Å². The molecule has 1 heterocycles. The first kappa shape index (κ1) is 12.7. The van der Waals surface area contributed by atoms with Crippen LogP contribution in [-0.4, -0.2) is 15.6 Å². The number of hydrogen-bond donors (Lipinski definition) is 1. The average Bonchev–Trinajstić information content (AvgIpc) is 2.74. The van der Waals surface area contributed by atoms with Crippen LogP contribution in [0.1, 0.15) is 30.4 Å². The van der Waals surface area contributed by atoms with Crippen LogP contribution >= 0.6 is 11.6 Å². The Morgan fingerprint density at radius 1 is 1.33 bits per heavy atom. The predicted octanol–water partition coefficient (Wildman–Crippen LogP) is 4.09. The zero-order chi connectivity index (χ0) is 13.3. The molecule has 0 radical (unpaired) electrons. The molecule has 0 bridgehead atoms. The van der Waals surface area contributed by atoms with Gasteiger partial charge >= 0.3 is 5.97 Å². The summed E-state index contributed by atoms with van der Waals surface area (Å²) in [4.78, 5) is 11.2. The fourth-order valence-corrected chi connectivity index (χ4v) is 2.17. The number of aromatic carboxylic acids is 1. The molecule has 0 atom stereocenters. The van der Waals surface area contributed by atoms with Gasteiger partial charge in [0.2, 0.25) is 0 Å². The standard InChI is InChI=1S/C14H14ClNO2/c1-9(2)16-8-10(7-13(16)14(17)18)11-5-3-4-6-12(11)15/h3-9H,1-2H3,(H,17,18). The number of carboxylic acid groups (broad SMARTS) is 1. The maximum atomic E-state index is 11.2. The van der Waals surface area contributed by atoms with Gasteiger partial charge in [-0.25, -0.2) is 4.79 Å². The summed E-state index contributed by atoms with van der Waals surface area (Å²) in [6, 6.07) is 9.16. The van der Waals surface area contributed by atoms with Gasteiger partial charge in [0, 0.05) is 28.4 Å². The lowest BCUT2D eigenvalue weighted by Crippen LogP contribution is -2.09. The fraction of sp³-hybridized carbons (Fsp3) is 0.214. The second-order valence-electron chi connectivity index (χ2n) is 4.40. The Morgan fingerprint density at radius 3 is 2.50 bits per heavy atom. The second-order valence-corrected chi connectivity index (χ2v) is 4.81. The number of aromatic nitrogens is 1. The van der Waals surface area contributed by atoms with Crippen LogP contribution in [0.25, 0.3) is 11.1 Å². The van der Waals surface area contributed by atoms with Gasteiger partial charge in [-0.3, -0.25) is 0 Å². The fourth-order valence-electron chi connectivity index (χ4n) is 1.92. The number of rotatable bonds is 3. The van der Waals surface area contributed by atoms with E-state index in [0.29, 0.717) is 5.02 Å². The molecule has 18 heavy (non-hydrogen) atoms. The average molecular weight is 264 g/mol. The smallest absolute Gasteiger partial charge is 0.352 e. The predicted molar refractivity (Wildman–Crippen MR) is 72.2 cm³/mol. The van der Waals surface area contributed by atoms with Crippen molar-refractivity contribution in [2.75, 3.05) is 0 Å². The van der Waals surface area contributed by atoms with E-state index in [4.69, 9.17) is 11.6 Å². The number of carbonyl (C=O) groups is 1. The van der Waals surface area contributed by atoms with E-state index in [1.165, 1.54) is 0 Å². The van der Waals surface area contributed by atoms with E-state index < -0.39 is 5.97 Å². The van der Waals surface area contributed by atoms with Gasteiger partial charge in [0.1, 0.15) is 5.69 Å². The van der Waals surface area contributed by atoms with Crippen LogP contribution in [0.2, 0.25) is 5.02 Å². The third kappa shape index (κ3) is 2.27. The molecule has 0 aliphatic rings. The third-order valence-electron chi connectivity index (χ3n) is 2.81. The largest absolute Gasteiger partial charge is 0.477 e. The Bertz CT molecular complexity index is 587. The number of hydrogen-bond acceptors (Lipinski definition) is 1. The molecule has 2 aromatic rings. The molecule has 0 amide bonds. The molecule has 0 saturated carbocycles. The molecule has 0 unspecified atom stereocenters. The quantitative estimate of drug-likeness (QED) is 0.906. The van der Waals surface area contributed by atoms with Crippen LogP contribution in [0, 0.1) is 0 Å². The molecular formula is C14H14ClNO2. The van der Waals surface area contributed by atoms with Crippen molar-refractivity contribution < 1.29 is 9.90 Å². The van der Waals surface area contributed by atoms with Gasteiger partial charge in [-0.2, -0.15) is 0 Å². The van der Waals surface area contributed by atoms with Gasteiger partial charge in [0.05, 0.1) is 0 Å². The Balaban J connectivity index is 2.57. The summed E-state index contributed by atoms with van der Waals surface area (Å²) >= 11 is 6.12. The molecule has 94 valence electrons. The van der Waals surface area contributed by atoms with Gasteiger partial charge < -0.3 is 9.67 Å². The highest BCUT2D eigenvalue weighted by molar-refractivity contribution is 6.33. The number of halogens is 1. The van der Waals surface area contributed by atoms with E-state index in [-0.39, 0.29) is 11.7 Å². The summed E-state index contributed by atoms with van der Waals surface area (Å²) in [5, 5.41) is 9.81. The number of benzene rings is 1. The molecule has 3 nitrogen and oxygen atoms in total. The molecule has 1 aromatic heterocycles. The Morgan fingerprint density at radius 2 is 2.00 bits per heavy atom.